The van der Waals surface area contributed by atoms with Crippen LogP contribution < -0.4 is 0 Å². The summed E-state index contributed by atoms with van der Waals surface area (Å²) >= 11 is 5.76. The summed E-state index contributed by atoms with van der Waals surface area (Å²) in [5.74, 6) is 0. The number of nitro benzene ring substituents is 1. The number of aromatic nitrogens is 1. The Kier molecular flexibility index (Phi) is 2.88. The molecule has 1 aromatic heterocycles. The molecule has 1 aromatic carbocycles. The van der Waals surface area contributed by atoms with E-state index in [9.17, 15) is 14.9 Å². The molecule has 2 aromatic rings. The molecule has 0 saturated carbocycles. The highest BCUT2D eigenvalue weighted by Gasteiger charge is 2.20. The summed E-state index contributed by atoms with van der Waals surface area (Å²) in [6.45, 7) is 0. The molecular formula is C10H5ClN2O4. The number of carbonyl (C=O) groups excluding carboxylic acids is 1. The van der Waals surface area contributed by atoms with Crippen molar-refractivity contribution in [3.63, 3.8) is 0 Å². The van der Waals surface area contributed by atoms with Crippen LogP contribution in [0, 0.1) is 10.1 Å². The van der Waals surface area contributed by atoms with Gasteiger partial charge in [-0.05, 0) is 12.1 Å². The molecule has 0 aliphatic rings. The fraction of sp³-hybridized carbons (Fsp3) is 0. The van der Waals surface area contributed by atoms with Crippen LogP contribution in [0.4, 0.5) is 5.69 Å². The minimum absolute atomic E-state index is 0.106. The van der Waals surface area contributed by atoms with Crippen molar-refractivity contribution < 1.29 is 14.2 Å². The second-order valence-corrected chi connectivity index (χ2v) is 3.59. The summed E-state index contributed by atoms with van der Waals surface area (Å²) in [5, 5.41) is 14.7. The van der Waals surface area contributed by atoms with E-state index in [0.29, 0.717) is 11.3 Å². The number of rotatable bonds is 3. The monoisotopic (exact) mass is 252 g/mol. The first kappa shape index (κ1) is 11.3. The third kappa shape index (κ3) is 2.02. The quantitative estimate of drug-likeness (QED) is 0.476. The first-order valence-electron chi connectivity index (χ1n) is 4.47. The third-order valence-electron chi connectivity index (χ3n) is 2.13. The highest BCUT2D eigenvalue weighted by atomic mass is 35.5. The van der Waals surface area contributed by atoms with Crippen LogP contribution in [0.1, 0.15) is 10.4 Å². The van der Waals surface area contributed by atoms with Gasteiger partial charge in [-0.1, -0.05) is 16.8 Å². The van der Waals surface area contributed by atoms with Crippen LogP contribution in [0.3, 0.4) is 0 Å². The number of hydrogen-bond donors (Lipinski definition) is 0. The average molecular weight is 253 g/mol. The summed E-state index contributed by atoms with van der Waals surface area (Å²) < 4.78 is 4.62. The van der Waals surface area contributed by atoms with Crippen LogP contribution in [-0.4, -0.2) is 16.4 Å². The molecule has 17 heavy (non-hydrogen) atoms. The van der Waals surface area contributed by atoms with E-state index in [1.807, 2.05) is 0 Å². The van der Waals surface area contributed by atoms with Gasteiger partial charge in [0.1, 0.15) is 12.0 Å². The van der Waals surface area contributed by atoms with E-state index < -0.39 is 4.92 Å². The lowest BCUT2D eigenvalue weighted by Gasteiger charge is -2.00. The van der Waals surface area contributed by atoms with Gasteiger partial charge in [0, 0.05) is 11.1 Å². The lowest BCUT2D eigenvalue weighted by Crippen LogP contribution is -1.93. The Morgan fingerprint density at radius 2 is 2.24 bits per heavy atom. The van der Waals surface area contributed by atoms with E-state index in [4.69, 9.17) is 11.6 Å². The van der Waals surface area contributed by atoms with Crippen LogP contribution in [-0.2, 0) is 0 Å². The van der Waals surface area contributed by atoms with E-state index in [1.165, 1.54) is 18.2 Å². The molecule has 2 rings (SSSR count). The largest absolute Gasteiger partial charge is 0.363 e. The molecule has 0 radical (unpaired) electrons. The van der Waals surface area contributed by atoms with Crippen LogP contribution in [0.2, 0.25) is 5.02 Å². The van der Waals surface area contributed by atoms with Crippen molar-refractivity contribution in [2.45, 2.75) is 0 Å². The van der Waals surface area contributed by atoms with Crippen LogP contribution >= 0.6 is 11.6 Å². The molecule has 0 fully saturated rings. The van der Waals surface area contributed by atoms with Crippen molar-refractivity contribution in [1.82, 2.24) is 5.16 Å². The zero-order valence-corrected chi connectivity index (χ0v) is 9.05. The first-order chi connectivity index (χ1) is 8.13. The molecule has 0 aliphatic carbocycles. The Morgan fingerprint density at radius 1 is 1.47 bits per heavy atom. The molecule has 7 heteroatoms. The number of carbonyl (C=O) groups is 1. The predicted octanol–water partition coefficient (Wildman–Crippen LogP) is 2.72. The van der Waals surface area contributed by atoms with Gasteiger partial charge in [0.25, 0.3) is 5.69 Å². The number of nitro groups is 1. The topological polar surface area (TPSA) is 86.2 Å². The van der Waals surface area contributed by atoms with E-state index >= 15 is 0 Å². The Hall–Kier alpha value is -2.21. The SMILES string of the molecule is O=Cc1conc1-c1cc(Cl)ccc1[N+](=O)[O-]. The van der Waals surface area contributed by atoms with Crippen molar-refractivity contribution in [3.05, 3.63) is 45.2 Å². The number of hydrogen-bond acceptors (Lipinski definition) is 5. The summed E-state index contributed by atoms with van der Waals surface area (Å²) in [5.41, 5.74) is 0.203. The van der Waals surface area contributed by atoms with Gasteiger partial charge in [0.15, 0.2) is 6.29 Å². The Bertz CT molecular complexity index is 594. The maximum atomic E-state index is 10.8. The van der Waals surface area contributed by atoms with E-state index in [0.717, 1.165) is 6.26 Å². The summed E-state index contributed by atoms with van der Waals surface area (Å²) in [4.78, 5) is 21.0. The normalized spacial score (nSPS) is 10.2. The van der Waals surface area contributed by atoms with Gasteiger partial charge < -0.3 is 4.52 Å². The van der Waals surface area contributed by atoms with Crippen molar-refractivity contribution in [2.75, 3.05) is 0 Å². The van der Waals surface area contributed by atoms with Gasteiger partial charge in [0.05, 0.1) is 16.1 Å². The highest BCUT2D eigenvalue weighted by molar-refractivity contribution is 6.31. The summed E-state index contributed by atoms with van der Waals surface area (Å²) in [6, 6.07) is 4.01. The number of halogens is 1. The molecule has 0 aliphatic heterocycles. The fourth-order valence-corrected chi connectivity index (χ4v) is 1.56. The number of aldehydes is 1. The van der Waals surface area contributed by atoms with Crippen molar-refractivity contribution in [1.29, 1.82) is 0 Å². The number of benzene rings is 1. The van der Waals surface area contributed by atoms with Crippen LogP contribution in [0.5, 0.6) is 0 Å². The molecule has 0 saturated heterocycles. The maximum absolute atomic E-state index is 10.8. The molecule has 0 N–H and O–H groups in total. The fourth-order valence-electron chi connectivity index (χ4n) is 1.39. The lowest BCUT2D eigenvalue weighted by molar-refractivity contribution is -0.384. The van der Waals surface area contributed by atoms with E-state index in [-0.39, 0.29) is 22.5 Å². The zero-order valence-electron chi connectivity index (χ0n) is 8.29. The van der Waals surface area contributed by atoms with Crippen molar-refractivity contribution in [3.8, 4) is 11.3 Å². The molecule has 6 nitrogen and oxygen atoms in total. The standard InChI is InChI=1S/C10H5ClN2O4/c11-7-1-2-9(13(15)16)8(3-7)10-6(4-14)5-17-12-10/h1-5H. The van der Waals surface area contributed by atoms with Gasteiger partial charge in [-0.3, -0.25) is 14.9 Å². The molecule has 0 spiro atoms. The minimum atomic E-state index is -0.574. The number of nitrogens with zero attached hydrogens (tertiary/aromatic N) is 2. The van der Waals surface area contributed by atoms with Gasteiger partial charge in [-0.2, -0.15) is 0 Å². The maximum Gasteiger partial charge on any atom is 0.279 e. The average Bonchev–Trinajstić information content (AvgIpc) is 2.76. The second-order valence-electron chi connectivity index (χ2n) is 3.15. The molecule has 0 unspecified atom stereocenters. The van der Waals surface area contributed by atoms with Gasteiger partial charge in [-0.25, -0.2) is 0 Å². The Balaban J connectivity index is 2.69. The lowest BCUT2D eigenvalue weighted by atomic mass is 10.1. The van der Waals surface area contributed by atoms with Gasteiger partial charge in [0.2, 0.25) is 0 Å². The highest BCUT2D eigenvalue weighted by Crippen LogP contribution is 2.32. The Labute approximate surface area is 99.9 Å². The summed E-state index contributed by atoms with van der Waals surface area (Å²) in [6.07, 6.45) is 1.63. The third-order valence-corrected chi connectivity index (χ3v) is 2.37. The van der Waals surface area contributed by atoms with Crippen LogP contribution in [0.15, 0.2) is 29.0 Å². The van der Waals surface area contributed by atoms with Gasteiger partial charge >= 0.3 is 0 Å². The van der Waals surface area contributed by atoms with Crippen molar-refractivity contribution >= 4 is 23.6 Å². The second kappa shape index (κ2) is 4.34. The molecule has 0 amide bonds. The predicted molar refractivity (Wildman–Crippen MR) is 59.0 cm³/mol. The molecule has 0 atom stereocenters. The first-order valence-corrected chi connectivity index (χ1v) is 4.85. The molecule has 86 valence electrons. The minimum Gasteiger partial charge on any atom is -0.363 e. The molecule has 1 heterocycles. The molecule has 0 bridgehead atoms. The van der Waals surface area contributed by atoms with E-state index in [2.05, 4.69) is 9.68 Å². The van der Waals surface area contributed by atoms with E-state index in [1.54, 1.807) is 0 Å². The zero-order chi connectivity index (χ0) is 12.4. The Morgan fingerprint density at radius 3 is 2.88 bits per heavy atom. The van der Waals surface area contributed by atoms with Gasteiger partial charge in [-0.15, -0.1) is 0 Å². The molecular weight excluding hydrogens is 248 g/mol. The summed E-state index contributed by atoms with van der Waals surface area (Å²) in [7, 11) is 0. The van der Waals surface area contributed by atoms with Crippen LogP contribution in [0.25, 0.3) is 11.3 Å². The van der Waals surface area contributed by atoms with Crippen molar-refractivity contribution in [2.24, 2.45) is 0 Å². The smallest absolute Gasteiger partial charge is 0.279 e.